The Bertz CT molecular complexity index is 145. The lowest BCUT2D eigenvalue weighted by atomic mass is 10.1. The van der Waals surface area contributed by atoms with Crippen LogP contribution >= 0.6 is 0 Å². The zero-order chi connectivity index (χ0) is 8.74. The topological polar surface area (TPSA) is 20.2 Å². The predicted molar refractivity (Wildman–Crippen MR) is 48.5 cm³/mol. The van der Waals surface area contributed by atoms with Crippen molar-refractivity contribution >= 4 is 0 Å². The van der Waals surface area contributed by atoms with Crippen molar-refractivity contribution in [2.75, 3.05) is 0 Å². The first kappa shape index (κ1) is 10.5. The highest BCUT2D eigenvalue weighted by Crippen LogP contribution is 2.01. The van der Waals surface area contributed by atoms with Crippen LogP contribution in [0.3, 0.4) is 0 Å². The third kappa shape index (κ3) is 9.48. The van der Waals surface area contributed by atoms with Crippen LogP contribution in [0.2, 0.25) is 0 Å². The Kier molecular flexibility index (Phi) is 4.93. The average molecular weight is 154 g/mol. The van der Waals surface area contributed by atoms with Gasteiger partial charge in [-0.3, -0.25) is 0 Å². The number of aliphatic hydroxyl groups is 1. The molecule has 0 aliphatic heterocycles. The molecular weight excluding hydrogens is 136 g/mol. The summed E-state index contributed by atoms with van der Waals surface area (Å²) in [5, 5.41) is 9.24. The molecule has 64 valence electrons. The van der Waals surface area contributed by atoms with Gasteiger partial charge in [-0.2, -0.15) is 0 Å². The van der Waals surface area contributed by atoms with E-state index in [-0.39, 0.29) is 0 Å². The normalized spacial score (nSPS) is 10.5. The lowest BCUT2D eigenvalue weighted by molar-refractivity contribution is 0.133. The maximum Gasteiger partial charge on any atom is 0.0844 e. The summed E-state index contributed by atoms with van der Waals surface area (Å²) in [6.45, 7) is 5.65. The zero-order valence-corrected chi connectivity index (χ0v) is 7.72. The molecule has 0 aromatic rings. The first-order valence-electron chi connectivity index (χ1n) is 4.20. The summed E-state index contributed by atoms with van der Waals surface area (Å²) in [5.41, 5.74) is 2.24. The lowest BCUT2D eigenvalue weighted by Crippen LogP contribution is -2.12. The van der Waals surface area contributed by atoms with Crippen LogP contribution in [0.5, 0.6) is 0 Å². The molecule has 1 N–H and O–H groups in total. The predicted octanol–water partition coefficient (Wildman–Crippen LogP) is 2.66. The molecule has 0 rings (SSSR count). The van der Waals surface area contributed by atoms with E-state index in [2.05, 4.69) is 12.7 Å². The van der Waals surface area contributed by atoms with Gasteiger partial charge < -0.3 is 5.11 Å². The second kappa shape index (κ2) is 5.17. The van der Waals surface area contributed by atoms with Crippen molar-refractivity contribution in [1.29, 1.82) is 0 Å². The second-order valence-corrected chi connectivity index (χ2v) is 3.31. The first-order valence-corrected chi connectivity index (χ1v) is 4.20. The molecule has 0 heterocycles. The highest BCUT2D eigenvalue weighted by Gasteiger charge is 2.04. The molecule has 0 aliphatic carbocycles. The van der Waals surface area contributed by atoms with Crippen LogP contribution < -0.4 is 0 Å². The third-order valence-electron chi connectivity index (χ3n) is 1.26. The van der Waals surface area contributed by atoms with Gasteiger partial charge in [-0.15, -0.1) is 5.73 Å². The van der Waals surface area contributed by atoms with Crippen molar-refractivity contribution in [3.8, 4) is 0 Å². The van der Waals surface area contributed by atoms with E-state index in [1.165, 1.54) is 12.8 Å². The second-order valence-electron chi connectivity index (χ2n) is 3.31. The molecule has 0 unspecified atom stereocenters. The Morgan fingerprint density at radius 1 is 1.45 bits per heavy atom. The Labute approximate surface area is 69.4 Å². The van der Waals surface area contributed by atoms with E-state index >= 15 is 0 Å². The third-order valence-corrected chi connectivity index (χ3v) is 1.26. The summed E-state index contributed by atoms with van der Waals surface area (Å²) in [6.07, 6.45) is 7.13. The minimum Gasteiger partial charge on any atom is -0.386 e. The average Bonchev–Trinajstić information content (AvgIpc) is 1.85. The number of hydrogen-bond donors (Lipinski definition) is 1. The summed E-state index contributed by atoms with van der Waals surface area (Å²) >= 11 is 0. The summed E-state index contributed by atoms with van der Waals surface area (Å²) in [4.78, 5) is 0. The molecule has 0 radical (unpaired) electrons. The van der Waals surface area contributed by atoms with Crippen LogP contribution in [-0.4, -0.2) is 10.7 Å². The maximum atomic E-state index is 9.24. The lowest BCUT2D eigenvalue weighted by Gasteiger charge is -2.07. The molecule has 11 heavy (non-hydrogen) atoms. The molecule has 0 saturated heterocycles. The smallest absolute Gasteiger partial charge is 0.0844 e. The fourth-order valence-corrected chi connectivity index (χ4v) is 0.652. The molecule has 1 nitrogen and oxygen atoms in total. The summed E-state index contributed by atoms with van der Waals surface area (Å²) in [6, 6.07) is 0. The van der Waals surface area contributed by atoms with Gasteiger partial charge in [-0.25, -0.2) is 0 Å². The highest BCUT2D eigenvalue weighted by atomic mass is 16.3. The van der Waals surface area contributed by atoms with Crippen LogP contribution in [0, 0.1) is 0 Å². The van der Waals surface area contributed by atoms with Crippen molar-refractivity contribution in [2.45, 2.75) is 45.6 Å². The largest absolute Gasteiger partial charge is 0.386 e. The van der Waals surface area contributed by atoms with Gasteiger partial charge in [0, 0.05) is 0 Å². The number of hydrogen-bond acceptors (Lipinski definition) is 1. The van der Waals surface area contributed by atoms with Crippen LogP contribution in [-0.2, 0) is 0 Å². The molecule has 0 aromatic carbocycles. The molecule has 0 aliphatic rings. The number of unbranched alkanes of at least 4 members (excludes halogenated alkanes) is 2. The quantitative estimate of drug-likeness (QED) is 0.487. The molecule has 0 fully saturated rings. The Morgan fingerprint density at radius 2 is 2.09 bits per heavy atom. The van der Waals surface area contributed by atoms with Crippen LogP contribution in [0.15, 0.2) is 17.9 Å². The van der Waals surface area contributed by atoms with E-state index in [4.69, 9.17) is 0 Å². The van der Waals surface area contributed by atoms with Crippen molar-refractivity contribution < 1.29 is 5.11 Å². The number of rotatable bonds is 4. The van der Waals surface area contributed by atoms with Crippen molar-refractivity contribution in [2.24, 2.45) is 0 Å². The van der Waals surface area contributed by atoms with E-state index < -0.39 is 5.60 Å². The molecule has 0 amide bonds. The fraction of sp³-hybridized carbons (Fsp3) is 0.700. The molecule has 1 heteroatoms. The van der Waals surface area contributed by atoms with Gasteiger partial charge in [0.25, 0.3) is 0 Å². The Morgan fingerprint density at radius 3 is 2.55 bits per heavy atom. The molecule has 0 saturated carbocycles. The Hall–Kier alpha value is -0.520. The summed E-state index contributed by atoms with van der Waals surface area (Å²) in [5.74, 6) is 0. The van der Waals surface area contributed by atoms with E-state index in [1.54, 1.807) is 19.9 Å². The Balaban J connectivity index is 3.64. The van der Waals surface area contributed by atoms with Gasteiger partial charge in [-0.05, 0) is 38.8 Å². The fourth-order valence-electron chi connectivity index (χ4n) is 0.652. The van der Waals surface area contributed by atoms with E-state index in [0.29, 0.717) is 0 Å². The monoisotopic (exact) mass is 154 g/mol. The molecular formula is C10H18O. The van der Waals surface area contributed by atoms with Gasteiger partial charge in [0.05, 0.1) is 5.60 Å². The van der Waals surface area contributed by atoms with Gasteiger partial charge >= 0.3 is 0 Å². The molecule has 0 atom stereocenters. The van der Waals surface area contributed by atoms with E-state index in [9.17, 15) is 5.11 Å². The van der Waals surface area contributed by atoms with Crippen LogP contribution in [0.25, 0.3) is 0 Å². The molecule has 0 bridgehead atoms. The SMILES string of the molecule is CCCCC=C=CC(C)(C)O. The van der Waals surface area contributed by atoms with Crippen molar-refractivity contribution in [3.05, 3.63) is 17.9 Å². The van der Waals surface area contributed by atoms with E-state index in [0.717, 1.165) is 6.42 Å². The van der Waals surface area contributed by atoms with Gasteiger partial charge in [0.1, 0.15) is 0 Å². The van der Waals surface area contributed by atoms with E-state index in [1.807, 2.05) is 6.08 Å². The standard InChI is InChI=1S/C10H18O/c1-4-5-6-7-8-9-10(2,3)11/h7,9,11H,4-6H2,1-3H3. The first-order chi connectivity index (χ1) is 5.06. The minimum absolute atomic E-state index is 0.720. The summed E-state index contributed by atoms with van der Waals surface area (Å²) in [7, 11) is 0. The van der Waals surface area contributed by atoms with Gasteiger partial charge in [0.15, 0.2) is 0 Å². The minimum atomic E-state index is -0.720. The zero-order valence-electron chi connectivity index (χ0n) is 7.72. The highest BCUT2D eigenvalue weighted by molar-refractivity contribution is 4.95. The molecule has 0 aromatic heterocycles. The van der Waals surface area contributed by atoms with Crippen LogP contribution in [0.1, 0.15) is 40.0 Å². The van der Waals surface area contributed by atoms with Gasteiger partial charge in [0.2, 0.25) is 0 Å². The van der Waals surface area contributed by atoms with Crippen molar-refractivity contribution in [1.82, 2.24) is 0 Å². The van der Waals surface area contributed by atoms with Gasteiger partial charge in [-0.1, -0.05) is 13.3 Å². The maximum absolute atomic E-state index is 9.24. The molecule has 0 spiro atoms. The van der Waals surface area contributed by atoms with Crippen molar-refractivity contribution in [3.63, 3.8) is 0 Å². The summed E-state index contributed by atoms with van der Waals surface area (Å²) < 4.78 is 0. The van der Waals surface area contributed by atoms with Crippen LogP contribution in [0.4, 0.5) is 0 Å².